The summed E-state index contributed by atoms with van der Waals surface area (Å²) in [5, 5.41) is 9.18. The Balaban J connectivity index is 2.08. The molecule has 1 aromatic heterocycles. The zero-order valence-corrected chi connectivity index (χ0v) is 11.3. The van der Waals surface area contributed by atoms with Gasteiger partial charge < -0.3 is 14.4 Å². The molecule has 0 saturated carbocycles. The summed E-state index contributed by atoms with van der Waals surface area (Å²) in [7, 11) is 0. The molecule has 0 atom stereocenters. The van der Waals surface area contributed by atoms with Crippen LogP contribution in [0.25, 0.3) is 0 Å². The Morgan fingerprint density at radius 1 is 1.53 bits per heavy atom. The smallest absolute Gasteiger partial charge is 0.313 e. The SMILES string of the molecule is O=C(O)CSc1nc(=O)ccn1CC1CCOCC1. The molecule has 0 aliphatic carbocycles. The molecule has 19 heavy (non-hydrogen) atoms. The fraction of sp³-hybridized carbons (Fsp3) is 0.583. The zero-order valence-electron chi connectivity index (χ0n) is 10.4. The van der Waals surface area contributed by atoms with Gasteiger partial charge in [0.1, 0.15) is 0 Å². The Morgan fingerprint density at radius 3 is 2.95 bits per heavy atom. The fourth-order valence-electron chi connectivity index (χ4n) is 2.00. The molecule has 104 valence electrons. The molecule has 1 N–H and O–H groups in total. The Hall–Kier alpha value is -1.34. The molecule has 1 fully saturated rings. The molecular weight excluding hydrogens is 268 g/mol. The van der Waals surface area contributed by atoms with E-state index in [1.165, 1.54) is 6.07 Å². The summed E-state index contributed by atoms with van der Waals surface area (Å²) in [6, 6.07) is 1.41. The van der Waals surface area contributed by atoms with Gasteiger partial charge in [0.15, 0.2) is 5.16 Å². The van der Waals surface area contributed by atoms with E-state index >= 15 is 0 Å². The largest absolute Gasteiger partial charge is 0.481 e. The van der Waals surface area contributed by atoms with Crippen LogP contribution in [0.3, 0.4) is 0 Å². The number of aromatic nitrogens is 2. The van der Waals surface area contributed by atoms with E-state index in [9.17, 15) is 9.59 Å². The highest BCUT2D eigenvalue weighted by atomic mass is 32.2. The second-order valence-electron chi connectivity index (χ2n) is 4.44. The average molecular weight is 284 g/mol. The average Bonchev–Trinajstić information content (AvgIpc) is 2.40. The first-order chi connectivity index (χ1) is 9.15. The second-order valence-corrected chi connectivity index (χ2v) is 5.38. The minimum Gasteiger partial charge on any atom is -0.481 e. The van der Waals surface area contributed by atoms with Gasteiger partial charge in [0, 0.05) is 32.0 Å². The van der Waals surface area contributed by atoms with Gasteiger partial charge in [-0.25, -0.2) is 0 Å². The van der Waals surface area contributed by atoms with Crippen molar-refractivity contribution >= 4 is 17.7 Å². The van der Waals surface area contributed by atoms with Crippen molar-refractivity contribution in [2.45, 2.75) is 24.5 Å². The summed E-state index contributed by atoms with van der Waals surface area (Å²) in [4.78, 5) is 25.8. The maximum absolute atomic E-state index is 11.3. The predicted octanol–water partition coefficient (Wildman–Crippen LogP) is 0.847. The lowest BCUT2D eigenvalue weighted by Gasteiger charge is -2.23. The highest BCUT2D eigenvalue weighted by Crippen LogP contribution is 2.20. The lowest BCUT2D eigenvalue weighted by Crippen LogP contribution is -2.23. The molecule has 2 rings (SSSR count). The van der Waals surface area contributed by atoms with E-state index in [-0.39, 0.29) is 11.3 Å². The van der Waals surface area contributed by atoms with Crippen molar-refractivity contribution in [3.63, 3.8) is 0 Å². The monoisotopic (exact) mass is 284 g/mol. The summed E-state index contributed by atoms with van der Waals surface area (Å²) in [6.07, 6.45) is 3.65. The lowest BCUT2D eigenvalue weighted by molar-refractivity contribution is -0.133. The first-order valence-corrected chi connectivity index (χ1v) is 7.13. The normalized spacial score (nSPS) is 16.4. The molecule has 1 saturated heterocycles. The molecule has 1 aliphatic heterocycles. The highest BCUT2D eigenvalue weighted by Gasteiger charge is 2.16. The number of carboxylic acid groups (broad SMARTS) is 1. The van der Waals surface area contributed by atoms with Crippen LogP contribution in [0.15, 0.2) is 22.2 Å². The van der Waals surface area contributed by atoms with Gasteiger partial charge in [-0.1, -0.05) is 11.8 Å². The summed E-state index contributed by atoms with van der Waals surface area (Å²) >= 11 is 1.08. The van der Waals surface area contributed by atoms with Gasteiger partial charge in [-0.05, 0) is 18.8 Å². The maximum Gasteiger partial charge on any atom is 0.313 e. The van der Waals surface area contributed by atoms with Crippen LogP contribution < -0.4 is 5.56 Å². The topological polar surface area (TPSA) is 81.4 Å². The van der Waals surface area contributed by atoms with Gasteiger partial charge in [0.2, 0.25) is 0 Å². The number of thioether (sulfide) groups is 1. The zero-order chi connectivity index (χ0) is 13.7. The van der Waals surface area contributed by atoms with Gasteiger partial charge in [0.05, 0.1) is 5.75 Å². The standard InChI is InChI=1S/C12H16N2O4S/c15-10-1-4-14(7-9-2-5-18-6-3-9)12(13-10)19-8-11(16)17/h1,4,9H,2-3,5-8H2,(H,16,17). The molecule has 6 nitrogen and oxygen atoms in total. The number of ether oxygens (including phenoxy) is 1. The van der Waals surface area contributed by atoms with Crippen LogP contribution in [-0.2, 0) is 16.1 Å². The van der Waals surface area contributed by atoms with Crippen LogP contribution in [0.5, 0.6) is 0 Å². The Labute approximate surface area is 114 Å². The number of hydrogen-bond acceptors (Lipinski definition) is 5. The molecule has 1 aliphatic rings. The summed E-state index contributed by atoms with van der Waals surface area (Å²) in [6.45, 7) is 2.27. The Kier molecular flexibility index (Phi) is 4.98. The third kappa shape index (κ3) is 4.36. The van der Waals surface area contributed by atoms with Crippen molar-refractivity contribution in [1.29, 1.82) is 0 Å². The number of hydrogen-bond donors (Lipinski definition) is 1. The number of nitrogens with zero attached hydrogens (tertiary/aromatic N) is 2. The number of rotatable bonds is 5. The number of carbonyl (C=O) groups is 1. The molecule has 2 heterocycles. The van der Waals surface area contributed by atoms with E-state index in [1.807, 2.05) is 4.57 Å². The van der Waals surface area contributed by atoms with Gasteiger partial charge in [0.25, 0.3) is 5.56 Å². The van der Waals surface area contributed by atoms with Gasteiger partial charge in [-0.2, -0.15) is 4.98 Å². The van der Waals surface area contributed by atoms with E-state index in [4.69, 9.17) is 9.84 Å². The molecule has 1 aromatic rings. The van der Waals surface area contributed by atoms with E-state index in [0.717, 1.165) is 44.4 Å². The molecule has 0 aromatic carbocycles. The predicted molar refractivity (Wildman–Crippen MR) is 70.4 cm³/mol. The van der Waals surface area contributed by atoms with E-state index < -0.39 is 5.97 Å². The van der Waals surface area contributed by atoms with Crippen LogP contribution in [-0.4, -0.2) is 39.6 Å². The van der Waals surface area contributed by atoms with Crippen LogP contribution in [0.4, 0.5) is 0 Å². The van der Waals surface area contributed by atoms with Crippen molar-refractivity contribution in [3.8, 4) is 0 Å². The van der Waals surface area contributed by atoms with Crippen LogP contribution in [0, 0.1) is 5.92 Å². The van der Waals surface area contributed by atoms with E-state index in [1.54, 1.807) is 6.20 Å². The number of carboxylic acids is 1. The quantitative estimate of drug-likeness (QED) is 0.637. The van der Waals surface area contributed by atoms with Crippen LogP contribution >= 0.6 is 11.8 Å². The molecule has 0 radical (unpaired) electrons. The van der Waals surface area contributed by atoms with Crippen LogP contribution in [0.1, 0.15) is 12.8 Å². The Morgan fingerprint density at radius 2 is 2.26 bits per heavy atom. The third-order valence-electron chi connectivity index (χ3n) is 2.97. The van der Waals surface area contributed by atoms with Crippen LogP contribution in [0.2, 0.25) is 0 Å². The van der Waals surface area contributed by atoms with Crippen molar-refractivity contribution in [2.24, 2.45) is 5.92 Å². The molecule has 0 bridgehead atoms. The summed E-state index contributed by atoms with van der Waals surface area (Å²) < 4.78 is 7.17. The van der Waals surface area contributed by atoms with Gasteiger partial charge >= 0.3 is 5.97 Å². The van der Waals surface area contributed by atoms with E-state index in [2.05, 4.69) is 4.98 Å². The van der Waals surface area contributed by atoms with Gasteiger partial charge in [-0.3, -0.25) is 9.59 Å². The maximum atomic E-state index is 11.3. The highest BCUT2D eigenvalue weighted by molar-refractivity contribution is 7.99. The van der Waals surface area contributed by atoms with Crippen molar-refractivity contribution in [3.05, 3.63) is 22.6 Å². The van der Waals surface area contributed by atoms with Crippen molar-refractivity contribution < 1.29 is 14.6 Å². The van der Waals surface area contributed by atoms with Crippen molar-refractivity contribution in [2.75, 3.05) is 19.0 Å². The summed E-state index contributed by atoms with van der Waals surface area (Å²) in [5.41, 5.74) is -0.337. The fourth-order valence-corrected chi connectivity index (χ4v) is 2.71. The molecular formula is C12H16N2O4S. The molecule has 0 spiro atoms. The third-order valence-corrected chi connectivity index (χ3v) is 3.94. The first kappa shape index (κ1) is 14.1. The molecule has 0 amide bonds. The number of aliphatic carboxylic acids is 1. The lowest BCUT2D eigenvalue weighted by atomic mass is 10.0. The van der Waals surface area contributed by atoms with Crippen molar-refractivity contribution in [1.82, 2.24) is 9.55 Å². The minimum absolute atomic E-state index is 0.0930. The van der Waals surface area contributed by atoms with E-state index in [0.29, 0.717) is 11.1 Å². The molecule has 0 unspecified atom stereocenters. The molecule has 7 heteroatoms. The Bertz CT molecular complexity index is 497. The summed E-state index contributed by atoms with van der Waals surface area (Å²) in [5.74, 6) is -0.521. The van der Waals surface area contributed by atoms with Gasteiger partial charge in [-0.15, -0.1) is 0 Å². The first-order valence-electron chi connectivity index (χ1n) is 6.15. The second kappa shape index (κ2) is 6.72. The minimum atomic E-state index is -0.916.